The second-order valence-electron chi connectivity index (χ2n) is 4.37. The second-order valence-corrected chi connectivity index (χ2v) is 5.23. The van der Waals surface area contributed by atoms with Gasteiger partial charge in [0.05, 0.1) is 0 Å². The standard InChI is InChI=1S/C13H17BrN6/c1-15-11-17-12(19-13(18-11)20(2)3)16-8-9-6-4-5-7-10(9)14/h4-7H,8H2,1-3H3,(H2,15,16,17,18,19). The molecule has 1 aromatic carbocycles. The van der Waals surface area contributed by atoms with Crippen molar-refractivity contribution in [2.75, 3.05) is 36.7 Å². The molecule has 0 unspecified atom stereocenters. The van der Waals surface area contributed by atoms with E-state index in [0.29, 0.717) is 24.4 Å². The van der Waals surface area contributed by atoms with E-state index in [-0.39, 0.29) is 0 Å². The third-order valence-corrected chi connectivity index (χ3v) is 3.42. The average Bonchev–Trinajstić information content (AvgIpc) is 2.46. The molecule has 106 valence electrons. The number of halogens is 1. The third-order valence-electron chi connectivity index (χ3n) is 2.64. The Balaban J connectivity index is 2.17. The number of benzene rings is 1. The molecule has 6 nitrogen and oxygen atoms in total. The van der Waals surface area contributed by atoms with Crippen LogP contribution in [0.15, 0.2) is 28.7 Å². The van der Waals surface area contributed by atoms with Crippen LogP contribution < -0.4 is 15.5 Å². The van der Waals surface area contributed by atoms with E-state index in [2.05, 4.69) is 41.5 Å². The summed E-state index contributed by atoms with van der Waals surface area (Å²) in [5, 5.41) is 6.15. The van der Waals surface area contributed by atoms with Crippen LogP contribution in [0.4, 0.5) is 17.8 Å². The number of hydrogen-bond acceptors (Lipinski definition) is 6. The summed E-state index contributed by atoms with van der Waals surface area (Å²) < 4.78 is 1.06. The molecule has 7 heteroatoms. The number of rotatable bonds is 5. The van der Waals surface area contributed by atoms with Gasteiger partial charge in [-0.15, -0.1) is 0 Å². The lowest BCUT2D eigenvalue weighted by Crippen LogP contribution is -2.16. The van der Waals surface area contributed by atoms with Crippen molar-refractivity contribution >= 4 is 33.8 Å². The summed E-state index contributed by atoms with van der Waals surface area (Å²) in [5.41, 5.74) is 1.14. The van der Waals surface area contributed by atoms with Crippen molar-refractivity contribution in [2.45, 2.75) is 6.54 Å². The molecule has 2 N–H and O–H groups in total. The van der Waals surface area contributed by atoms with Crippen molar-refractivity contribution < 1.29 is 0 Å². The highest BCUT2D eigenvalue weighted by atomic mass is 79.9. The summed E-state index contributed by atoms with van der Waals surface area (Å²) in [6.07, 6.45) is 0. The zero-order chi connectivity index (χ0) is 14.5. The van der Waals surface area contributed by atoms with Gasteiger partial charge >= 0.3 is 0 Å². The van der Waals surface area contributed by atoms with Crippen LogP contribution in [0.1, 0.15) is 5.56 Å². The molecule has 0 fully saturated rings. The highest BCUT2D eigenvalue weighted by molar-refractivity contribution is 9.10. The summed E-state index contributed by atoms with van der Waals surface area (Å²) >= 11 is 3.52. The van der Waals surface area contributed by atoms with Crippen LogP contribution >= 0.6 is 15.9 Å². The van der Waals surface area contributed by atoms with Crippen molar-refractivity contribution in [1.29, 1.82) is 0 Å². The number of aromatic nitrogens is 3. The molecule has 0 saturated heterocycles. The lowest BCUT2D eigenvalue weighted by atomic mass is 10.2. The number of anilines is 3. The first-order valence-corrected chi connectivity index (χ1v) is 6.98. The van der Waals surface area contributed by atoms with Crippen LogP contribution in [0.25, 0.3) is 0 Å². The molecule has 0 aliphatic carbocycles. The molecule has 1 heterocycles. The van der Waals surface area contributed by atoms with Crippen LogP contribution in [0.2, 0.25) is 0 Å². The molecule has 2 aromatic rings. The predicted octanol–water partition coefficient (Wildman–Crippen LogP) is 2.35. The van der Waals surface area contributed by atoms with Gasteiger partial charge < -0.3 is 15.5 Å². The summed E-state index contributed by atoms with van der Waals surface area (Å²) in [6, 6.07) is 8.04. The first kappa shape index (κ1) is 14.5. The van der Waals surface area contributed by atoms with Gasteiger partial charge in [-0.3, -0.25) is 0 Å². The predicted molar refractivity (Wildman–Crippen MR) is 85.2 cm³/mol. The molecule has 0 bridgehead atoms. The smallest absolute Gasteiger partial charge is 0.231 e. The maximum atomic E-state index is 4.36. The zero-order valence-electron chi connectivity index (χ0n) is 11.7. The quantitative estimate of drug-likeness (QED) is 0.873. The number of nitrogens with one attached hydrogen (secondary N) is 2. The van der Waals surface area contributed by atoms with Gasteiger partial charge in [0.25, 0.3) is 0 Å². The van der Waals surface area contributed by atoms with Crippen molar-refractivity contribution in [3.63, 3.8) is 0 Å². The topological polar surface area (TPSA) is 66.0 Å². The molecule has 0 aliphatic rings. The van der Waals surface area contributed by atoms with Gasteiger partial charge in [0, 0.05) is 32.2 Å². The van der Waals surface area contributed by atoms with Crippen LogP contribution in [-0.4, -0.2) is 36.1 Å². The Labute approximate surface area is 126 Å². The van der Waals surface area contributed by atoms with E-state index in [1.54, 1.807) is 7.05 Å². The van der Waals surface area contributed by atoms with E-state index < -0.39 is 0 Å². The molecule has 0 saturated carbocycles. The summed E-state index contributed by atoms with van der Waals surface area (Å²) in [6.45, 7) is 0.640. The van der Waals surface area contributed by atoms with Gasteiger partial charge in [0.2, 0.25) is 17.8 Å². The van der Waals surface area contributed by atoms with E-state index in [9.17, 15) is 0 Å². The highest BCUT2D eigenvalue weighted by Crippen LogP contribution is 2.17. The fourth-order valence-electron chi connectivity index (χ4n) is 1.57. The molecule has 2 rings (SSSR count). The van der Waals surface area contributed by atoms with Gasteiger partial charge in [-0.05, 0) is 11.6 Å². The Morgan fingerprint density at radius 1 is 1.10 bits per heavy atom. The van der Waals surface area contributed by atoms with Crippen molar-refractivity contribution in [3.05, 3.63) is 34.3 Å². The molecule has 0 amide bonds. The van der Waals surface area contributed by atoms with E-state index in [1.165, 1.54) is 0 Å². The second kappa shape index (κ2) is 6.51. The zero-order valence-corrected chi connectivity index (χ0v) is 13.3. The molecule has 0 aliphatic heterocycles. The molecule has 0 spiro atoms. The largest absolute Gasteiger partial charge is 0.357 e. The Hall–Kier alpha value is -1.89. The van der Waals surface area contributed by atoms with Crippen molar-refractivity contribution in [3.8, 4) is 0 Å². The van der Waals surface area contributed by atoms with Gasteiger partial charge in [-0.1, -0.05) is 34.1 Å². The van der Waals surface area contributed by atoms with Crippen LogP contribution in [0, 0.1) is 0 Å². The van der Waals surface area contributed by atoms with Gasteiger partial charge in [0.15, 0.2) is 0 Å². The first-order chi connectivity index (χ1) is 9.60. The average molecular weight is 337 g/mol. The minimum absolute atomic E-state index is 0.540. The monoisotopic (exact) mass is 336 g/mol. The fraction of sp³-hybridized carbons (Fsp3) is 0.308. The Bertz CT molecular complexity index is 587. The normalized spacial score (nSPS) is 10.2. The van der Waals surface area contributed by atoms with E-state index in [4.69, 9.17) is 0 Å². The SMILES string of the molecule is CNc1nc(NCc2ccccc2Br)nc(N(C)C)n1. The van der Waals surface area contributed by atoms with Gasteiger partial charge in [-0.2, -0.15) is 15.0 Å². The van der Waals surface area contributed by atoms with Crippen molar-refractivity contribution in [1.82, 2.24) is 15.0 Å². The summed E-state index contributed by atoms with van der Waals surface area (Å²) in [7, 11) is 5.57. The molecule has 0 radical (unpaired) electrons. The third kappa shape index (κ3) is 3.57. The minimum atomic E-state index is 0.540. The first-order valence-electron chi connectivity index (χ1n) is 6.18. The Morgan fingerprint density at radius 3 is 2.45 bits per heavy atom. The van der Waals surface area contributed by atoms with Gasteiger partial charge in [0.1, 0.15) is 0 Å². The van der Waals surface area contributed by atoms with E-state index in [1.807, 2.05) is 43.3 Å². The minimum Gasteiger partial charge on any atom is -0.357 e. The maximum absolute atomic E-state index is 4.36. The lowest BCUT2D eigenvalue weighted by molar-refractivity contribution is 0.943. The van der Waals surface area contributed by atoms with Crippen LogP contribution in [0.5, 0.6) is 0 Å². The van der Waals surface area contributed by atoms with E-state index >= 15 is 0 Å². The molecule has 0 atom stereocenters. The van der Waals surface area contributed by atoms with Crippen molar-refractivity contribution in [2.24, 2.45) is 0 Å². The number of hydrogen-bond donors (Lipinski definition) is 2. The molecule has 20 heavy (non-hydrogen) atoms. The highest BCUT2D eigenvalue weighted by Gasteiger charge is 2.07. The summed E-state index contributed by atoms with van der Waals surface area (Å²) in [4.78, 5) is 14.8. The molecule has 1 aromatic heterocycles. The maximum Gasteiger partial charge on any atom is 0.231 e. The Kier molecular flexibility index (Phi) is 4.73. The van der Waals surface area contributed by atoms with Crippen LogP contribution in [-0.2, 0) is 6.54 Å². The summed E-state index contributed by atoms with van der Waals surface area (Å²) in [5.74, 6) is 1.70. The number of nitrogens with zero attached hydrogens (tertiary/aromatic N) is 4. The molecular formula is C13H17BrN6. The molecular weight excluding hydrogens is 320 g/mol. The van der Waals surface area contributed by atoms with Crippen LogP contribution in [0.3, 0.4) is 0 Å². The van der Waals surface area contributed by atoms with Gasteiger partial charge in [-0.25, -0.2) is 0 Å². The lowest BCUT2D eigenvalue weighted by Gasteiger charge is -2.13. The fourth-order valence-corrected chi connectivity index (χ4v) is 2.00. The van der Waals surface area contributed by atoms with E-state index in [0.717, 1.165) is 10.0 Å². The Morgan fingerprint density at radius 2 is 1.80 bits per heavy atom.